The molecule has 0 aliphatic carbocycles. The summed E-state index contributed by atoms with van der Waals surface area (Å²) >= 11 is 17.9. The Balaban J connectivity index is 2.00. The van der Waals surface area contributed by atoms with Crippen LogP contribution in [0.2, 0.25) is 10.0 Å². The van der Waals surface area contributed by atoms with Gasteiger partial charge >= 0.3 is 12.1 Å². The van der Waals surface area contributed by atoms with Gasteiger partial charge in [0.15, 0.2) is 5.69 Å². The summed E-state index contributed by atoms with van der Waals surface area (Å²) in [6, 6.07) is 4.20. The van der Waals surface area contributed by atoms with E-state index in [-0.39, 0.29) is 45.3 Å². The Morgan fingerprint density at radius 3 is 2.67 bits per heavy atom. The fraction of sp³-hybridized carbons (Fsp3) is 0.263. The minimum Gasteiger partial charge on any atom is -0.481 e. The number of thiocarbonyl (C=S) groups is 1. The summed E-state index contributed by atoms with van der Waals surface area (Å²) < 4.78 is 47.7. The molecule has 176 valence electrons. The van der Waals surface area contributed by atoms with E-state index in [1.807, 2.05) is 0 Å². The zero-order valence-corrected chi connectivity index (χ0v) is 19.8. The molecule has 0 bridgehead atoms. The lowest BCUT2D eigenvalue weighted by Crippen LogP contribution is -2.29. The van der Waals surface area contributed by atoms with Gasteiger partial charge in [-0.3, -0.25) is 14.5 Å². The van der Waals surface area contributed by atoms with Crippen molar-refractivity contribution >= 4 is 69.5 Å². The van der Waals surface area contributed by atoms with Crippen molar-refractivity contribution in [1.82, 2.24) is 14.7 Å². The summed E-state index contributed by atoms with van der Waals surface area (Å²) in [7, 11) is 1.25. The largest absolute Gasteiger partial charge is 0.481 e. The van der Waals surface area contributed by atoms with Crippen molar-refractivity contribution in [2.24, 2.45) is 7.05 Å². The Kier molecular flexibility index (Phi) is 7.62. The third-order valence-electron chi connectivity index (χ3n) is 4.32. The Morgan fingerprint density at radius 1 is 1.36 bits per heavy atom. The smallest absolute Gasteiger partial charge is 0.435 e. The molecule has 1 aromatic heterocycles. The van der Waals surface area contributed by atoms with Gasteiger partial charge in [0, 0.05) is 25.0 Å². The fourth-order valence-electron chi connectivity index (χ4n) is 2.86. The van der Waals surface area contributed by atoms with Crippen LogP contribution in [0.25, 0.3) is 6.08 Å². The van der Waals surface area contributed by atoms with Gasteiger partial charge in [0.25, 0.3) is 5.91 Å². The van der Waals surface area contributed by atoms with Crippen molar-refractivity contribution in [2.45, 2.75) is 19.0 Å². The summed E-state index contributed by atoms with van der Waals surface area (Å²) in [4.78, 5) is 24.5. The summed E-state index contributed by atoms with van der Waals surface area (Å²) in [5.41, 5.74) is -1.75. The molecule has 7 nitrogen and oxygen atoms in total. The number of carboxylic acids is 1. The number of aliphatic carboxylic acids is 1. The Labute approximate surface area is 205 Å². The van der Waals surface area contributed by atoms with Gasteiger partial charge in [-0.25, -0.2) is 4.68 Å². The van der Waals surface area contributed by atoms with Gasteiger partial charge < -0.3 is 9.84 Å². The minimum absolute atomic E-state index is 0.0250. The molecule has 1 N–H and O–H groups in total. The molecule has 14 heteroatoms. The Bertz CT molecular complexity index is 1170. The number of carbonyl (C=O) groups is 2. The highest BCUT2D eigenvalue weighted by Crippen LogP contribution is 2.42. The standard InChI is InChI=1S/C19H14Cl2F3N3O4S2/c1-26-17(31-12-5-4-9(20)7-11(12)21)10(15(25-26)19(22,23)24)8-13-16(30)27(18(32)33-13)6-2-3-14(28)29/h4-5,7-8H,2-3,6H2,1H3,(H,28,29). The lowest BCUT2D eigenvalue weighted by molar-refractivity contribution is -0.141. The molecule has 1 saturated heterocycles. The number of benzene rings is 1. The average Bonchev–Trinajstić information content (AvgIpc) is 3.15. The van der Waals surface area contributed by atoms with Crippen molar-refractivity contribution in [3.8, 4) is 11.6 Å². The van der Waals surface area contributed by atoms with Gasteiger partial charge in [0.05, 0.1) is 15.5 Å². The highest BCUT2D eigenvalue weighted by atomic mass is 35.5. The van der Waals surface area contributed by atoms with Gasteiger partial charge in [0.2, 0.25) is 5.88 Å². The number of carbonyl (C=O) groups excluding carboxylic acids is 1. The Hall–Kier alpha value is -2.28. The first-order chi connectivity index (χ1) is 15.4. The lowest BCUT2D eigenvalue weighted by Gasteiger charge is -2.13. The van der Waals surface area contributed by atoms with Gasteiger partial charge in [-0.1, -0.05) is 47.2 Å². The van der Waals surface area contributed by atoms with Gasteiger partial charge in [-0.2, -0.15) is 18.3 Å². The third kappa shape index (κ3) is 5.81. The maximum Gasteiger partial charge on any atom is 0.435 e. The zero-order valence-electron chi connectivity index (χ0n) is 16.7. The maximum atomic E-state index is 13.7. The minimum atomic E-state index is -4.84. The van der Waals surface area contributed by atoms with E-state index in [1.54, 1.807) is 0 Å². The van der Waals surface area contributed by atoms with Crippen LogP contribution in [0.4, 0.5) is 13.2 Å². The van der Waals surface area contributed by atoms with Gasteiger partial charge in [-0.05, 0) is 30.7 Å². The van der Waals surface area contributed by atoms with Crippen LogP contribution in [0.1, 0.15) is 24.1 Å². The number of aromatic nitrogens is 2. The molecule has 1 aliphatic heterocycles. The van der Waals surface area contributed by atoms with Gasteiger partial charge in [-0.15, -0.1) is 0 Å². The van der Waals surface area contributed by atoms with E-state index >= 15 is 0 Å². The highest BCUT2D eigenvalue weighted by molar-refractivity contribution is 8.26. The number of ether oxygens (including phenoxy) is 1. The van der Waals surface area contributed by atoms with Crippen LogP contribution < -0.4 is 4.74 Å². The van der Waals surface area contributed by atoms with Crippen LogP contribution in [0, 0.1) is 0 Å². The SMILES string of the molecule is Cn1nc(C(F)(F)F)c(C=C2SC(=S)N(CCCC(=O)O)C2=O)c1Oc1ccc(Cl)cc1Cl. The first-order valence-electron chi connectivity index (χ1n) is 9.12. The number of amides is 1. The molecule has 2 aromatic rings. The lowest BCUT2D eigenvalue weighted by atomic mass is 10.2. The second-order valence-corrected chi connectivity index (χ2v) is 9.22. The van der Waals surface area contributed by atoms with E-state index in [4.69, 9.17) is 45.3 Å². The molecule has 2 heterocycles. The van der Waals surface area contributed by atoms with Gasteiger partial charge in [0.1, 0.15) is 10.1 Å². The monoisotopic (exact) mass is 539 g/mol. The predicted molar refractivity (Wildman–Crippen MR) is 121 cm³/mol. The summed E-state index contributed by atoms with van der Waals surface area (Å²) in [6.07, 6.45) is -3.88. The van der Waals surface area contributed by atoms with Crippen molar-refractivity contribution < 1.29 is 32.6 Å². The molecule has 0 unspecified atom stereocenters. The van der Waals surface area contributed by atoms with Crippen molar-refractivity contribution in [3.05, 3.63) is 44.4 Å². The summed E-state index contributed by atoms with van der Waals surface area (Å²) in [5.74, 6) is -1.94. The van der Waals surface area contributed by atoms with Crippen LogP contribution in [0.15, 0.2) is 23.1 Å². The van der Waals surface area contributed by atoms with Crippen molar-refractivity contribution in [3.63, 3.8) is 0 Å². The van der Waals surface area contributed by atoms with Crippen LogP contribution >= 0.6 is 47.2 Å². The quantitative estimate of drug-likeness (QED) is 0.361. The molecule has 1 aromatic carbocycles. The average molecular weight is 540 g/mol. The van der Waals surface area contributed by atoms with Crippen LogP contribution in [0.3, 0.4) is 0 Å². The van der Waals surface area contributed by atoms with E-state index in [1.165, 1.54) is 25.2 Å². The maximum absolute atomic E-state index is 13.7. The molecule has 0 spiro atoms. The molecule has 1 aliphatic rings. The number of aryl methyl sites for hydroxylation is 1. The molecule has 1 amide bonds. The van der Waals surface area contributed by atoms with E-state index < -0.39 is 29.3 Å². The first-order valence-corrected chi connectivity index (χ1v) is 11.1. The molecule has 0 saturated carbocycles. The van der Waals surface area contributed by atoms with E-state index in [0.29, 0.717) is 5.02 Å². The highest BCUT2D eigenvalue weighted by Gasteiger charge is 2.40. The van der Waals surface area contributed by atoms with Crippen LogP contribution in [0.5, 0.6) is 11.6 Å². The van der Waals surface area contributed by atoms with Crippen molar-refractivity contribution in [1.29, 1.82) is 0 Å². The van der Waals surface area contributed by atoms with Crippen LogP contribution in [-0.4, -0.2) is 42.5 Å². The molecule has 0 atom stereocenters. The molecule has 33 heavy (non-hydrogen) atoms. The molecule has 1 fully saturated rings. The second kappa shape index (κ2) is 9.92. The summed E-state index contributed by atoms with van der Waals surface area (Å²) in [5, 5.41) is 12.7. The van der Waals surface area contributed by atoms with Crippen LogP contribution in [-0.2, 0) is 22.8 Å². The summed E-state index contributed by atoms with van der Waals surface area (Å²) in [6.45, 7) is 0.0250. The fourth-order valence-corrected chi connectivity index (χ4v) is 4.60. The predicted octanol–water partition coefficient (Wildman–Crippen LogP) is 5.60. The number of hydrogen-bond donors (Lipinski definition) is 1. The topological polar surface area (TPSA) is 84.7 Å². The number of hydrogen-bond acceptors (Lipinski definition) is 6. The third-order valence-corrected chi connectivity index (χ3v) is 6.23. The normalized spacial score (nSPS) is 15.6. The number of nitrogens with zero attached hydrogens (tertiary/aromatic N) is 3. The van der Waals surface area contributed by atoms with E-state index in [2.05, 4.69) is 5.10 Å². The number of rotatable bonds is 7. The first kappa shape index (κ1) is 25.3. The van der Waals surface area contributed by atoms with E-state index in [9.17, 15) is 22.8 Å². The number of halogens is 5. The number of alkyl halides is 3. The van der Waals surface area contributed by atoms with Crippen molar-refractivity contribution in [2.75, 3.05) is 6.54 Å². The molecular weight excluding hydrogens is 526 g/mol. The van der Waals surface area contributed by atoms with E-state index in [0.717, 1.165) is 27.4 Å². The molecule has 3 rings (SSSR count). The number of thioether (sulfide) groups is 1. The second-order valence-electron chi connectivity index (χ2n) is 6.70. The number of carboxylic acid groups (broad SMARTS) is 1. The molecular formula is C19H14Cl2F3N3O4S2. The Morgan fingerprint density at radius 2 is 2.06 bits per heavy atom. The molecule has 0 radical (unpaired) electrons. The zero-order chi connectivity index (χ0) is 24.5.